The Bertz CT molecular complexity index is 506. The molecule has 0 bridgehead atoms. The van der Waals surface area contributed by atoms with E-state index in [4.69, 9.17) is 4.74 Å². The van der Waals surface area contributed by atoms with E-state index in [0.717, 1.165) is 0 Å². The van der Waals surface area contributed by atoms with Crippen LogP contribution in [-0.4, -0.2) is 30.9 Å². The second-order valence-electron chi connectivity index (χ2n) is 4.94. The van der Waals surface area contributed by atoms with E-state index >= 15 is 0 Å². The quantitative estimate of drug-likeness (QED) is 0.839. The fourth-order valence-corrected chi connectivity index (χ4v) is 2.29. The lowest BCUT2D eigenvalue weighted by molar-refractivity contribution is -0.138. The van der Waals surface area contributed by atoms with Crippen molar-refractivity contribution in [3.8, 4) is 0 Å². The zero-order valence-electron chi connectivity index (χ0n) is 11.6. The molecule has 1 aromatic carbocycles. The second kappa shape index (κ2) is 5.13. The van der Waals surface area contributed by atoms with Gasteiger partial charge in [0.05, 0.1) is 5.69 Å². The normalized spacial score (nSPS) is 17.8. The zero-order chi connectivity index (χ0) is 14.0. The molecule has 102 valence electrons. The largest absolute Gasteiger partial charge is 0.369 e. The number of methoxy groups -OCH3 is 1. The summed E-state index contributed by atoms with van der Waals surface area (Å²) >= 11 is 0. The highest BCUT2D eigenvalue weighted by atomic mass is 16.5. The summed E-state index contributed by atoms with van der Waals surface area (Å²) in [4.78, 5) is 26.2. The van der Waals surface area contributed by atoms with E-state index < -0.39 is 5.60 Å². The van der Waals surface area contributed by atoms with E-state index in [1.807, 2.05) is 25.1 Å². The third-order valence-electron chi connectivity index (χ3n) is 3.88. The molecule has 0 saturated carbocycles. The van der Waals surface area contributed by atoms with Crippen molar-refractivity contribution < 1.29 is 14.3 Å². The summed E-state index contributed by atoms with van der Waals surface area (Å²) in [7, 11) is 1.54. The van der Waals surface area contributed by atoms with Crippen molar-refractivity contribution in [1.82, 2.24) is 0 Å². The maximum atomic E-state index is 12.6. The lowest BCUT2D eigenvalue weighted by Crippen LogP contribution is -2.50. The van der Waals surface area contributed by atoms with Crippen LogP contribution >= 0.6 is 0 Å². The number of anilines is 1. The third kappa shape index (κ3) is 2.28. The molecule has 19 heavy (non-hydrogen) atoms. The van der Waals surface area contributed by atoms with Crippen molar-refractivity contribution in [3.63, 3.8) is 0 Å². The Morgan fingerprint density at radius 3 is 2.74 bits per heavy atom. The zero-order valence-corrected chi connectivity index (χ0v) is 11.6. The molecule has 0 saturated heterocycles. The molecule has 1 amide bonds. The van der Waals surface area contributed by atoms with Gasteiger partial charge in [-0.3, -0.25) is 9.59 Å². The first-order valence-corrected chi connectivity index (χ1v) is 6.53. The van der Waals surface area contributed by atoms with Gasteiger partial charge in [0.1, 0.15) is 5.60 Å². The molecule has 1 aromatic rings. The van der Waals surface area contributed by atoms with E-state index in [2.05, 4.69) is 0 Å². The van der Waals surface area contributed by atoms with Gasteiger partial charge in [-0.05, 0) is 25.5 Å². The number of ketones is 1. The molecule has 1 aliphatic heterocycles. The predicted octanol–water partition coefficient (Wildman–Crippen LogP) is 2.42. The molecule has 0 aromatic heterocycles. The molecule has 4 nitrogen and oxygen atoms in total. The Hall–Kier alpha value is -1.68. The highest BCUT2D eigenvalue weighted by Gasteiger charge is 2.38. The molecule has 0 spiro atoms. The Morgan fingerprint density at radius 2 is 2.11 bits per heavy atom. The Morgan fingerprint density at radius 1 is 1.42 bits per heavy atom. The summed E-state index contributed by atoms with van der Waals surface area (Å²) in [6.07, 6.45) is 0.960. The fourth-order valence-electron chi connectivity index (χ4n) is 2.29. The number of nitrogens with zero attached hydrogens (tertiary/aromatic N) is 1. The van der Waals surface area contributed by atoms with Crippen LogP contribution in [0.2, 0.25) is 0 Å². The highest BCUT2D eigenvalue weighted by molar-refractivity contribution is 6.10. The fraction of sp³-hybridized carbons (Fsp3) is 0.467. The summed E-state index contributed by atoms with van der Waals surface area (Å²) in [6, 6.07) is 7.25. The van der Waals surface area contributed by atoms with Gasteiger partial charge in [0.25, 0.3) is 5.91 Å². The third-order valence-corrected chi connectivity index (χ3v) is 3.88. The first-order valence-electron chi connectivity index (χ1n) is 6.53. The number of fused-ring (bicyclic) bond motifs is 1. The lowest BCUT2D eigenvalue weighted by atomic mass is 9.96. The Balaban J connectivity index is 2.40. The molecule has 0 N–H and O–H groups in total. The molecule has 0 radical (unpaired) electrons. The van der Waals surface area contributed by atoms with E-state index in [0.29, 0.717) is 30.6 Å². The number of rotatable bonds is 3. The maximum Gasteiger partial charge on any atom is 0.258 e. The molecule has 1 unspecified atom stereocenters. The van der Waals surface area contributed by atoms with Crippen LogP contribution in [0.15, 0.2) is 24.3 Å². The monoisotopic (exact) mass is 261 g/mol. The number of para-hydroxylation sites is 1. The van der Waals surface area contributed by atoms with Crippen molar-refractivity contribution >= 4 is 17.4 Å². The summed E-state index contributed by atoms with van der Waals surface area (Å²) in [5.41, 5.74) is 0.477. The van der Waals surface area contributed by atoms with Crippen LogP contribution in [0, 0.1) is 0 Å². The minimum absolute atomic E-state index is 0.0857. The topological polar surface area (TPSA) is 46.6 Å². The molecule has 1 heterocycles. The van der Waals surface area contributed by atoms with Crippen molar-refractivity contribution in [2.24, 2.45) is 0 Å². The van der Waals surface area contributed by atoms with Crippen molar-refractivity contribution in [1.29, 1.82) is 0 Å². The minimum Gasteiger partial charge on any atom is -0.369 e. The van der Waals surface area contributed by atoms with Crippen molar-refractivity contribution in [2.75, 3.05) is 18.6 Å². The van der Waals surface area contributed by atoms with Crippen LogP contribution in [0.25, 0.3) is 0 Å². The van der Waals surface area contributed by atoms with E-state index in [1.54, 1.807) is 25.0 Å². The number of hydrogen-bond acceptors (Lipinski definition) is 3. The van der Waals surface area contributed by atoms with Gasteiger partial charge in [-0.2, -0.15) is 0 Å². The van der Waals surface area contributed by atoms with Crippen molar-refractivity contribution in [3.05, 3.63) is 29.8 Å². The van der Waals surface area contributed by atoms with Gasteiger partial charge < -0.3 is 9.64 Å². The number of amides is 1. The summed E-state index contributed by atoms with van der Waals surface area (Å²) in [6.45, 7) is 4.13. The van der Waals surface area contributed by atoms with Gasteiger partial charge in [0, 0.05) is 25.6 Å². The molecule has 0 aliphatic carbocycles. The van der Waals surface area contributed by atoms with Crippen LogP contribution in [0.5, 0.6) is 0 Å². The number of Topliss-reactive ketones (excluding diaryl/α,β-unsaturated/α-hetero) is 1. The summed E-state index contributed by atoms with van der Waals surface area (Å²) < 4.78 is 5.37. The van der Waals surface area contributed by atoms with Gasteiger partial charge in [0.2, 0.25) is 0 Å². The van der Waals surface area contributed by atoms with Crippen LogP contribution in [0.4, 0.5) is 5.69 Å². The number of carbonyl (C=O) groups excluding carboxylic acids is 2. The average molecular weight is 261 g/mol. The van der Waals surface area contributed by atoms with Crippen LogP contribution in [0.3, 0.4) is 0 Å². The van der Waals surface area contributed by atoms with Gasteiger partial charge in [0.15, 0.2) is 5.78 Å². The second-order valence-corrected chi connectivity index (χ2v) is 4.94. The Labute approximate surface area is 113 Å². The van der Waals surface area contributed by atoms with Crippen molar-refractivity contribution in [2.45, 2.75) is 32.3 Å². The number of benzene rings is 1. The molecular formula is C15H19NO3. The predicted molar refractivity (Wildman–Crippen MR) is 73.4 cm³/mol. The van der Waals surface area contributed by atoms with Gasteiger partial charge in [-0.25, -0.2) is 0 Å². The average Bonchev–Trinajstić information content (AvgIpc) is 2.46. The Kier molecular flexibility index (Phi) is 3.71. The van der Waals surface area contributed by atoms with E-state index in [1.165, 1.54) is 0 Å². The van der Waals surface area contributed by atoms with Gasteiger partial charge in [-0.15, -0.1) is 0 Å². The first kappa shape index (κ1) is 13.7. The molecule has 0 fully saturated rings. The van der Waals surface area contributed by atoms with E-state index in [9.17, 15) is 9.59 Å². The minimum atomic E-state index is -0.840. The van der Waals surface area contributed by atoms with Gasteiger partial charge in [-0.1, -0.05) is 19.1 Å². The number of ether oxygens (including phenoxy) is 1. The van der Waals surface area contributed by atoms with Crippen LogP contribution in [-0.2, 0) is 9.53 Å². The standard InChI is InChI=1S/C15H19NO3/c1-4-15(2,19-3)14(18)16-10-9-13(17)11-7-5-6-8-12(11)16/h5-8H,4,9-10H2,1-3H3. The smallest absolute Gasteiger partial charge is 0.258 e. The van der Waals surface area contributed by atoms with E-state index in [-0.39, 0.29) is 11.7 Å². The van der Waals surface area contributed by atoms with Crippen LogP contribution < -0.4 is 4.90 Å². The molecule has 4 heteroatoms. The molecule has 1 aliphatic rings. The highest BCUT2D eigenvalue weighted by Crippen LogP contribution is 2.30. The van der Waals surface area contributed by atoms with Crippen LogP contribution in [0.1, 0.15) is 37.0 Å². The SMILES string of the molecule is CCC(C)(OC)C(=O)N1CCC(=O)c2ccccc21. The lowest BCUT2D eigenvalue weighted by Gasteiger charge is -2.35. The maximum absolute atomic E-state index is 12.6. The molecular weight excluding hydrogens is 242 g/mol. The first-order chi connectivity index (χ1) is 9.03. The number of carbonyl (C=O) groups is 2. The summed E-state index contributed by atoms with van der Waals surface area (Å²) in [5, 5.41) is 0. The summed E-state index contributed by atoms with van der Waals surface area (Å²) in [5.74, 6) is 0.00715. The van der Waals surface area contributed by atoms with Gasteiger partial charge >= 0.3 is 0 Å². The molecule has 1 atom stereocenters. The molecule has 2 rings (SSSR count). The number of hydrogen-bond donors (Lipinski definition) is 0.